The Morgan fingerprint density at radius 2 is 1.67 bits per heavy atom. The molecule has 0 unspecified atom stereocenters. The van der Waals surface area contributed by atoms with Crippen molar-refractivity contribution in [2.45, 2.75) is 13.3 Å². The van der Waals surface area contributed by atoms with E-state index in [4.69, 9.17) is 17.0 Å². The first-order chi connectivity index (χ1) is 15.9. The fourth-order valence-corrected chi connectivity index (χ4v) is 3.57. The molecule has 0 atom stereocenters. The van der Waals surface area contributed by atoms with Gasteiger partial charge in [0.2, 0.25) is 5.91 Å². The molecule has 0 radical (unpaired) electrons. The Morgan fingerprint density at radius 1 is 0.939 bits per heavy atom. The van der Waals surface area contributed by atoms with Crippen molar-refractivity contribution in [1.29, 1.82) is 0 Å². The number of carbonyl (C=O) groups is 3. The molecule has 0 aliphatic carbocycles. The number of anilines is 1. The number of amides is 3. The zero-order valence-corrected chi connectivity index (χ0v) is 20.0. The second-order valence-corrected chi connectivity index (χ2v) is 8.02. The van der Waals surface area contributed by atoms with Crippen molar-refractivity contribution in [3.05, 3.63) is 70.7 Å². The number of thiocarbonyl (C=S) groups is 1. The lowest BCUT2D eigenvalue weighted by Gasteiger charge is -2.13. The summed E-state index contributed by atoms with van der Waals surface area (Å²) in [6.07, 6.45) is 0.361. The van der Waals surface area contributed by atoms with Crippen LogP contribution in [0.15, 0.2) is 65.1 Å². The predicted molar refractivity (Wildman–Crippen MR) is 134 cm³/mol. The molecule has 3 rings (SSSR count). The summed E-state index contributed by atoms with van der Waals surface area (Å²) in [5.74, 6) is -0.546. The first-order valence-corrected chi connectivity index (χ1v) is 11.2. The van der Waals surface area contributed by atoms with Crippen LogP contribution in [0.4, 0.5) is 5.69 Å². The fraction of sp³-hybridized carbons (Fsp3) is 0.130. The Morgan fingerprint density at radius 3 is 2.39 bits per heavy atom. The lowest BCUT2D eigenvalue weighted by atomic mass is 10.1. The van der Waals surface area contributed by atoms with Crippen molar-refractivity contribution in [3.8, 4) is 5.75 Å². The van der Waals surface area contributed by atoms with Crippen LogP contribution in [-0.2, 0) is 9.59 Å². The minimum absolute atomic E-state index is 0.0821. The van der Waals surface area contributed by atoms with Crippen molar-refractivity contribution in [1.82, 2.24) is 16.2 Å². The van der Waals surface area contributed by atoms with Gasteiger partial charge in [-0.1, -0.05) is 37.3 Å². The molecule has 10 heteroatoms. The highest BCUT2D eigenvalue weighted by Gasteiger charge is 2.11. The third-order valence-electron chi connectivity index (χ3n) is 4.48. The van der Waals surface area contributed by atoms with Crippen molar-refractivity contribution in [2.24, 2.45) is 0 Å². The van der Waals surface area contributed by atoms with Crippen molar-refractivity contribution < 1.29 is 19.1 Å². The Kier molecular flexibility index (Phi) is 8.34. The van der Waals surface area contributed by atoms with Gasteiger partial charge in [-0.2, -0.15) is 0 Å². The van der Waals surface area contributed by atoms with Crippen LogP contribution >= 0.6 is 28.1 Å². The molecule has 0 aromatic heterocycles. The van der Waals surface area contributed by atoms with Crippen molar-refractivity contribution in [2.75, 3.05) is 11.9 Å². The highest BCUT2D eigenvalue weighted by atomic mass is 79.9. The molecule has 0 heterocycles. The van der Waals surface area contributed by atoms with Gasteiger partial charge < -0.3 is 10.1 Å². The molecular weight excluding hydrogens is 508 g/mol. The van der Waals surface area contributed by atoms with E-state index in [0.717, 1.165) is 15.2 Å². The molecule has 170 valence electrons. The fourth-order valence-electron chi connectivity index (χ4n) is 2.80. The Hall–Kier alpha value is -3.50. The molecule has 3 aromatic carbocycles. The number of benzene rings is 3. The molecule has 33 heavy (non-hydrogen) atoms. The zero-order valence-electron chi connectivity index (χ0n) is 17.6. The average Bonchev–Trinajstić information content (AvgIpc) is 2.82. The first kappa shape index (κ1) is 24.1. The number of ether oxygens (including phenoxy) is 1. The molecule has 0 saturated carbocycles. The van der Waals surface area contributed by atoms with Gasteiger partial charge in [-0.15, -0.1) is 0 Å². The third kappa shape index (κ3) is 6.74. The number of halogens is 1. The standard InChI is InChI=1S/C23H21BrN4O4S/c1-2-19(29)25-16-10-7-15(8-11-16)22(31)27-28-23(33)26-20(30)13-32-18-12-9-14-5-3-4-6-17(14)21(18)24/h3-12H,2,13H2,1H3,(H,25,29)(H,27,31)(H2,26,28,30,33). The van der Waals surface area contributed by atoms with Gasteiger partial charge >= 0.3 is 0 Å². The van der Waals surface area contributed by atoms with Crippen LogP contribution in [0.25, 0.3) is 10.8 Å². The average molecular weight is 529 g/mol. The summed E-state index contributed by atoms with van der Waals surface area (Å²) >= 11 is 8.53. The van der Waals surface area contributed by atoms with E-state index in [1.54, 1.807) is 37.3 Å². The predicted octanol–water partition coefficient (Wildman–Crippen LogP) is 3.67. The Bertz CT molecular complexity index is 1200. The van der Waals surface area contributed by atoms with Crippen LogP contribution in [0.1, 0.15) is 23.7 Å². The van der Waals surface area contributed by atoms with E-state index in [0.29, 0.717) is 23.4 Å². The number of hydrogen-bond acceptors (Lipinski definition) is 5. The molecule has 0 saturated heterocycles. The van der Waals surface area contributed by atoms with Gasteiger partial charge in [0.05, 0.1) is 4.47 Å². The van der Waals surface area contributed by atoms with Crippen LogP contribution in [-0.4, -0.2) is 29.4 Å². The number of fused-ring (bicyclic) bond motifs is 1. The Balaban J connectivity index is 1.45. The van der Waals surface area contributed by atoms with E-state index in [2.05, 4.69) is 37.4 Å². The maximum atomic E-state index is 12.2. The zero-order chi connectivity index (χ0) is 23.8. The van der Waals surface area contributed by atoms with Crippen molar-refractivity contribution in [3.63, 3.8) is 0 Å². The summed E-state index contributed by atoms with van der Waals surface area (Å²) in [4.78, 5) is 35.8. The van der Waals surface area contributed by atoms with Crippen LogP contribution in [0.5, 0.6) is 5.75 Å². The molecule has 3 amide bonds. The molecular formula is C23H21BrN4O4S. The summed E-state index contributed by atoms with van der Waals surface area (Å²) in [5.41, 5.74) is 5.80. The normalized spacial score (nSPS) is 10.2. The number of hydrazine groups is 1. The highest BCUT2D eigenvalue weighted by molar-refractivity contribution is 9.10. The topological polar surface area (TPSA) is 109 Å². The number of nitrogens with one attached hydrogen (secondary N) is 4. The molecule has 4 N–H and O–H groups in total. The van der Waals surface area contributed by atoms with Gasteiger partial charge in [-0.3, -0.25) is 30.6 Å². The van der Waals surface area contributed by atoms with Crippen molar-refractivity contribution >= 4 is 67.4 Å². The first-order valence-electron chi connectivity index (χ1n) is 9.97. The number of carbonyl (C=O) groups excluding carboxylic acids is 3. The third-order valence-corrected chi connectivity index (χ3v) is 5.50. The summed E-state index contributed by atoms with van der Waals surface area (Å²) in [7, 11) is 0. The maximum Gasteiger partial charge on any atom is 0.269 e. The molecule has 0 bridgehead atoms. The molecule has 3 aromatic rings. The van der Waals surface area contributed by atoms with Gasteiger partial charge in [-0.25, -0.2) is 0 Å². The largest absolute Gasteiger partial charge is 0.483 e. The van der Waals surface area contributed by atoms with Gasteiger partial charge in [0, 0.05) is 17.7 Å². The molecule has 8 nitrogen and oxygen atoms in total. The molecule has 0 aliphatic rings. The van der Waals surface area contributed by atoms with Crippen LogP contribution in [0.3, 0.4) is 0 Å². The minimum atomic E-state index is -0.488. The van der Waals surface area contributed by atoms with Gasteiger partial charge in [0.25, 0.3) is 11.8 Å². The second kappa shape index (κ2) is 11.4. The van der Waals surface area contributed by atoms with Gasteiger partial charge in [0.15, 0.2) is 11.7 Å². The van der Waals surface area contributed by atoms with Crippen LogP contribution < -0.4 is 26.2 Å². The van der Waals surface area contributed by atoms with Gasteiger partial charge in [0.1, 0.15) is 5.75 Å². The summed E-state index contributed by atoms with van der Waals surface area (Å²) in [6, 6.07) is 17.8. The Labute approximate surface area is 204 Å². The van der Waals surface area contributed by atoms with E-state index in [9.17, 15) is 14.4 Å². The smallest absolute Gasteiger partial charge is 0.269 e. The number of rotatable bonds is 6. The highest BCUT2D eigenvalue weighted by Crippen LogP contribution is 2.32. The molecule has 0 fully saturated rings. The summed E-state index contributed by atoms with van der Waals surface area (Å²) in [6.45, 7) is 1.48. The summed E-state index contributed by atoms with van der Waals surface area (Å²) in [5, 5.41) is 7.06. The summed E-state index contributed by atoms with van der Waals surface area (Å²) < 4.78 is 6.34. The molecule has 0 aliphatic heterocycles. The molecule has 0 spiro atoms. The minimum Gasteiger partial charge on any atom is -0.483 e. The maximum absolute atomic E-state index is 12.2. The van der Waals surface area contributed by atoms with E-state index < -0.39 is 11.8 Å². The monoisotopic (exact) mass is 528 g/mol. The van der Waals surface area contributed by atoms with Crippen LogP contribution in [0.2, 0.25) is 0 Å². The lowest BCUT2D eigenvalue weighted by Crippen LogP contribution is -2.49. The van der Waals surface area contributed by atoms with E-state index in [-0.39, 0.29) is 17.6 Å². The lowest BCUT2D eigenvalue weighted by molar-refractivity contribution is -0.121. The quantitative estimate of drug-likeness (QED) is 0.287. The van der Waals surface area contributed by atoms with E-state index >= 15 is 0 Å². The van der Waals surface area contributed by atoms with Crippen LogP contribution in [0, 0.1) is 0 Å². The van der Waals surface area contributed by atoms with Gasteiger partial charge in [-0.05, 0) is 69.3 Å². The SMILES string of the molecule is CCC(=O)Nc1ccc(C(=O)NNC(=S)NC(=O)COc2ccc3ccccc3c2Br)cc1. The van der Waals surface area contributed by atoms with E-state index in [1.807, 2.05) is 30.3 Å². The van der Waals surface area contributed by atoms with E-state index in [1.165, 1.54) is 0 Å². The number of hydrogen-bond donors (Lipinski definition) is 4. The second-order valence-electron chi connectivity index (χ2n) is 6.82.